The summed E-state index contributed by atoms with van der Waals surface area (Å²) >= 11 is 0. The Hall–Kier alpha value is -1.52. The van der Waals surface area contributed by atoms with E-state index in [2.05, 4.69) is 13.8 Å². The Labute approximate surface area is 275 Å². The minimum atomic E-state index is -4.43. The Morgan fingerprint density at radius 3 is 1.15 bits per heavy atom. The molecule has 216 valence electrons. The molecule has 0 N–H and O–H groups in total. The normalized spacial score (nSPS) is 11.7. The van der Waals surface area contributed by atoms with Crippen LogP contribution in [0.5, 0.6) is 0 Å². The van der Waals surface area contributed by atoms with Crippen LogP contribution in [0.1, 0.15) is 75.6 Å². The summed E-state index contributed by atoms with van der Waals surface area (Å²) in [5.41, 5.74) is 3.62. The third-order valence-corrected chi connectivity index (χ3v) is 8.81. The van der Waals surface area contributed by atoms with Gasteiger partial charge in [0, 0.05) is 0 Å². The van der Waals surface area contributed by atoms with Gasteiger partial charge in [0.25, 0.3) is 0 Å². The van der Waals surface area contributed by atoms with E-state index in [-0.39, 0.29) is 47.5 Å². The fourth-order valence-electron chi connectivity index (χ4n) is 5.45. The van der Waals surface area contributed by atoms with Gasteiger partial charge in [-0.1, -0.05) is 102 Å². The quantitative estimate of drug-likeness (QED) is 0.140. The second-order valence-electron chi connectivity index (χ2n) is 10.0. The van der Waals surface area contributed by atoms with Gasteiger partial charge in [-0.25, -0.2) is 16.8 Å². The van der Waals surface area contributed by atoms with Gasteiger partial charge >= 0.3 is 37.7 Å². The second kappa shape index (κ2) is 15.8. The van der Waals surface area contributed by atoms with Crippen LogP contribution in [0.25, 0.3) is 21.5 Å². The van der Waals surface area contributed by atoms with Crippen molar-refractivity contribution in [1.82, 2.24) is 0 Å². The van der Waals surface area contributed by atoms with Crippen molar-refractivity contribution in [3.05, 3.63) is 82.9 Å². The first-order chi connectivity index (χ1) is 19.0. The number of benzene rings is 4. The van der Waals surface area contributed by atoms with Crippen molar-refractivity contribution in [3.63, 3.8) is 0 Å². The molecule has 0 bridgehead atoms. The van der Waals surface area contributed by atoms with Crippen molar-refractivity contribution in [2.45, 2.75) is 88.9 Å². The van der Waals surface area contributed by atoms with E-state index in [0.29, 0.717) is 24.0 Å². The van der Waals surface area contributed by atoms with Gasteiger partial charge in [0.15, 0.2) is 0 Å². The molecule has 0 spiro atoms. The molecule has 0 aliphatic rings. The van der Waals surface area contributed by atoms with Crippen LogP contribution in [0.3, 0.4) is 0 Å². The molecule has 0 heterocycles. The molecule has 9 heteroatoms. The second-order valence-corrected chi connectivity index (χ2v) is 12.7. The molecule has 0 radical (unpaired) electrons. The maximum absolute atomic E-state index is 11.5. The summed E-state index contributed by atoms with van der Waals surface area (Å²) in [5, 5.41) is 3.92. The van der Waals surface area contributed by atoms with Gasteiger partial charge in [-0.3, -0.25) is 0 Å². The molecule has 0 unspecified atom stereocenters. The van der Waals surface area contributed by atoms with Crippen LogP contribution in [0.15, 0.2) is 70.5 Å². The van der Waals surface area contributed by atoms with Crippen LogP contribution in [-0.4, -0.2) is 63.7 Å². The van der Waals surface area contributed by atoms with E-state index in [1.54, 1.807) is 12.1 Å². The molecule has 0 fully saturated rings. The number of fused-ring (bicyclic) bond motifs is 2. The molecule has 0 aliphatic carbocycles. The predicted molar refractivity (Wildman–Crippen MR) is 166 cm³/mol. The summed E-state index contributed by atoms with van der Waals surface area (Å²) in [7, 11) is -8.86. The number of hydrogen-bond donors (Lipinski definition) is 0. The van der Waals surface area contributed by atoms with E-state index in [1.807, 2.05) is 50.2 Å². The summed E-state index contributed by atoms with van der Waals surface area (Å²) in [6, 6.07) is 18.3. The van der Waals surface area contributed by atoms with Crippen molar-refractivity contribution in [1.29, 1.82) is 0 Å². The Balaban J connectivity index is 0.000000280. The summed E-state index contributed by atoms with van der Waals surface area (Å²) in [6.45, 7) is 8.16. The van der Waals surface area contributed by atoms with Gasteiger partial charge in [-0.05, 0) is 81.6 Å². The SMILES string of the molecule is CCCc1cccc2ccc(S(=O)(=O)[O-])c(CCC)c12.CCCc1cccc2ccc(S(=O)(=O)[O-])c(CCC)c12.[Ca+2]. The molecule has 0 amide bonds. The fraction of sp³-hybridized carbons (Fsp3) is 0.375. The third kappa shape index (κ3) is 8.75. The Kier molecular flexibility index (Phi) is 13.8. The van der Waals surface area contributed by atoms with E-state index in [0.717, 1.165) is 71.2 Å². The van der Waals surface area contributed by atoms with Gasteiger partial charge in [0.05, 0.1) is 9.79 Å². The standard InChI is InChI=1S/2C16H20O3S.Ca/c2*1-3-6-12-8-5-9-13-10-11-15(20(17,18)19)14(7-4-2)16(12)13;/h2*5,8-11H,3-4,6-7H2,1-2H3,(H,17,18,19);/q;;+2/p-2. The zero-order valence-corrected chi connectivity index (χ0v) is 28.2. The number of rotatable bonds is 10. The van der Waals surface area contributed by atoms with Gasteiger partial charge in [-0.15, -0.1) is 0 Å². The van der Waals surface area contributed by atoms with Crippen LogP contribution < -0.4 is 0 Å². The monoisotopic (exact) mass is 622 g/mol. The van der Waals surface area contributed by atoms with Crippen molar-refractivity contribution in [2.24, 2.45) is 0 Å². The van der Waals surface area contributed by atoms with E-state index in [1.165, 1.54) is 12.1 Å². The zero-order chi connectivity index (χ0) is 29.5. The third-order valence-electron chi connectivity index (χ3n) is 6.97. The maximum atomic E-state index is 11.5. The van der Waals surface area contributed by atoms with Gasteiger partial charge in [0.1, 0.15) is 20.2 Å². The van der Waals surface area contributed by atoms with E-state index >= 15 is 0 Å². The number of aryl methyl sites for hydroxylation is 4. The van der Waals surface area contributed by atoms with Crippen molar-refractivity contribution < 1.29 is 25.9 Å². The minimum absolute atomic E-state index is 0. The summed E-state index contributed by atoms with van der Waals surface area (Å²) in [6.07, 6.45) is 6.57. The average molecular weight is 623 g/mol. The molecule has 0 aromatic heterocycles. The summed E-state index contributed by atoms with van der Waals surface area (Å²) in [4.78, 5) is -0.120. The van der Waals surface area contributed by atoms with Gasteiger partial charge < -0.3 is 9.11 Å². The van der Waals surface area contributed by atoms with Crippen LogP contribution in [-0.2, 0) is 45.9 Å². The van der Waals surface area contributed by atoms with Crippen LogP contribution in [0.2, 0.25) is 0 Å². The average Bonchev–Trinajstić information content (AvgIpc) is 2.89. The zero-order valence-electron chi connectivity index (χ0n) is 24.4. The molecule has 4 aromatic carbocycles. The fourth-order valence-corrected chi connectivity index (χ4v) is 6.93. The van der Waals surface area contributed by atoms with Crippen molar-refractivity contribution in [2.75, 3.05) is 0 Å². The van der Waals surface area contributed by atoms with E-state index in [4.69, 9.17) is 0 Å². The summed E-state index contributed by atoms with van der Waals surface area (Å²) < 4.78 is 68.9. The molecule has 0 saturated carbocycles. The van der Waals surface area contributed by atoms with Crippen molar-refractivity contribution in [3.8, 4) is 0 Å². The molecule has 41 heavy (non-hydrogen) atoms. The smallest absolute Gasteiger partial charge is 0.744 e. The largest absolute Gasteiger partial charge is 2.00 e. The van der Waals surface area contributed by atoms with E-state index in [9.17, 15) is 25.9 Å². The Morgan fingerprint density at radius 1 is 0.512 bits per heavy atom. The first-order valence-electron chi connectivity index (χ1n) is 14.0. The summed E-state index contributed by atoms with van der Waals surface area (Å²) in [5.74, 6) is 0. The molecule has 4 aromatic rings. The molecular weight excluding hydrogens is 585 g/mol. The van der Waals surface area contributed by atoms with E-state index < -0.39 is 20.2 Å². The molecule has 0 saturated heterocycles. The molecule has 6 nitrogen and oxygen atoms in total. The van der Waals surface area contributed by atoms with Crippen LogP contribution in [0.4, 0.5) is 0 Å². The first kappa shape index (κ1) is 35.7. The van der Waals surface area contributed by atoms with Crippen LogP contribution >= 0.6 is 0 Å². The number of hydrogen-bond acceptors (Lipinski definition) is 6. The topological polar surface area (TPSA) is 114 Å². The van der Waals surface area contributed by atoms with Crippen molar-refractivity contribution >= 4 is 79.5 Å². The molecule has 0 atom stereocenters. The van der Waals surface area contributed by atoms with Gasteiger partial charge in [-0.2, -0.15) is 0 Å². The molecule has 0 aliphatic heterocycles. The van der Waals surface area contributed by atoms with Crippen LogP contribution in [0, 0.1) is 0 Å². The minimum Gasteiger partial charge on any atom is -0.744 e. The molecule has 4 rings (SSSR count). The predicted octanol–water partition coefficient (Wildman–Crippen LogP) is 6.92. The van der Waals surface area contributed by atoms with Gasteiger partial charge in [0.2, 0.25) is 0 Å². The molecular formula is C32H38CaO6S2. The Bertz CT molecular complexity index is 1570. The first-order valence-corrected chi connectivity index (χ1v) is 16.8. The Morgan fingerprint density at radius 2 is 0.854 bits per heavy atom. The maximum Gasteiger partial charge on any atom is 2.00 e.